The van der Waals surface area contributed by atoms with E-state index >= 15 is 0 Å². The first-order valence-corrected chi connectivity index (χ1v) is 6.52. The second kappa shape index (κ2) is 3.61. The molecule has 7 heteroatoms. The Morgan fingerprint density at radius 2 is 1.94 bits per heavy atom. The zero-order valence-electron chi connectivity index (χ0n) is 8.03. The van der Waals surface area contributed by atoms with Crippen molar-refractivity contribution in [2.75, 3.05) is 0 Å². The van der Waals surface area contributed by atoms with E-state index in [1.54, 1.807) is 0 Å². The fraction of sp³-hybridized carbons (Fsp3) is 0.222. The second-order valence-electron chi connectivity index (χ2n) is 3.35. The summed E-state index contributed by atoms with van der Waals surface area (Å²) in [4.78, 5) is 11.8. The third-order valence-electron chi connectivity index (χ3n) is 2.28. The van der Waals surface area contributed by atoms with Crippen LogP contribution in [-0.2, 0) is 10.1 Å². The van der Waals surface area contributed by atoms with Gasteiger partial charge < -0.3 is 4.18 Å². The van der Waals surface area contributed by atoms with Crippen LogP contribution in [0.1, 0.15) is 17.3 Å². The molecule has 86 valence electrons. The zero-order valence-corrected chi connectivity index (χ0v) is 10.4. The molecule has 1 heterocycles. The molecule has 0 fully saturated rings. The number of rotatable bonds is 0. The van der Waals surface area contributed by atoms with Crippen LogP contribution in [0.2, 0.25) is 10.0 Å². The quantitative estimate of drug-likeness (QED) is 0.684. The van der Waals surface area contributed by atoms with Crippen LogP contribution in [-0.4, -0.2) is 19.5 Å². The summed E-state index contributed by atoms with van der Waals surface area (Å²) >= 11 is 11.5. The van der Waals surface area contributed by atoms with Crippen molar-refractivity contribution < 1.29 is 17.4 Å². The van der Waals surface area contributed by atoms with Gasteiger partial charge in [0.2, 0.25) is 0 Å². The maximum Gasteiger partial charge on any atom is 0.319 e. The highest BCUT2D eigenvalue weighted by atomic mass is 35.5. The normalized spacial score (nSPS) is 22.4. The van der Waals surface area contributed by atoms with Crippen molar-refractivity contribution in [1.29, 1.82) is 0 Å². The van der Waals surface area contributed by atoms with E-state index < -0.39 is 21.2 Å². The number of fused-ring (bicyclic) bond motifs is 1. The molecule has 0 aromatic heterocycles. The van der Waals surface area contributed by atoms with E-state index in [2.05, 4.69) is 0 Å². The smallest absolute Gasteiger partial charge is 0.319 e. The Hall–Kier alpha value is -0.780. The predicted molar refractivity (Wildman–Crippen MR) is 59.8 cm³/mol. The lowest BCUT2D eigenvalue weighted by Crippen LogP contribution is -2.35. The summed E-state index contributed by atoms with van der Waals surface area (Å²) in [6, 6.07) is 2.66. The van der Waals surface area contributed by atoms with Crippen LogP contribution in [0.4, 0.5) is 0 Å². The van der Waals surface area contributed by atoms with Crippen LogP contribution in [0.15, 0.2) is 12.1 Å². The Bertz CT molecular complexity index is 579. The first-order chi connectivity index (χ1) is 7.33. The van der Waals surface area contributed by atoms with Gasteiger partial charge in [0.15, 0.2) is 16.8 Å². The summed E-state index contributed by atoms with van der Waals surface area (Å²) in [5.41, 5.74) is 0.0971. The van der Waals surface area contributed by atoms with Gasteiger partial charge in [-0.3, -0.25) is 4.79 Å². The lowest BCUT2D eigenvalue weighted by atomic mass is 10.1. The minimum Gasteiger partial charge on any atom is -0.380 e. The number of carbonyl (C=O) groups is 1. The Labute approximate surface area is 102 Å². The summed E-state index contributed by atoms with van der Waals surface area (Å²) in [5.74, 6) is -0.709. The van der Waals surface area contributed by atoms with Gasteiger partial charge in [-0.15, -0.1) is 0 Å². The minimum atomic E-state index is -3.94. The summed E-state index contributed by atoms with van der Waals surface area (Å²) < 4.78 is 27.7. The molecule has 16 heavy (non-hydrogen) atoms. The first-order valence-electron chi connectivity index (χ1n) is 4.29. The minimum absolute atomic E-state index is 0.00586. The van der Waals surface area contributed by atoms with Gasteiger partial charge in [0, 0.05) is 5.02 Å². The van der Waals surface area contributed by atoms with Crippen molar-refractivity contribution in [2.24, 2.45) is 0 Å². The SMILES string of the molecule is CC1C(=O)c2cc(Cl)cc(Cl)c2OS1(=O)=O. The molecule has 1 aromatic rings. The van der Waals surface area contributed by atoms with Gasteiger partial charge >= 0.3 is 10.1 Å². The molecule has 0 aliphatic carbocycles. The average Bonchev–Trinajstić information content (AvgIpc) is 2.17. The van der Waals surface area contributed by atoms with Gasteiger partial charge in [0.25, 0.3) is 0 Å². The van der Waals surface area contributed by atoms with E-state index in [9.17, 15) is 13.2 Å². The van der Waals surface area contributed by atoms with E-state index in [4.69, 9.17) is 27.4 Å². The predicted octanol–water partition coefficient (Wildman–Crippen LogP) is 2.29. The molecule has 0 saturated heterocycles. The van der Waals surface area contributed by atoms with Crippen LogP contribution >= 0.6 is 23.2 Å². The molecule has 0 radical (unpaired) electrons. The highest BCUT2D eigenvalue weighted by Gasteiger charge is 2.39. The molecule has 1 unspecified atom stereocenters. The van der Waals surface area contributed by atoms with E-state index in [0.717, 1.165) is 0 Å². The molecule has 1 aromatic carbocycles. The average molecular weight is 281 g/mol. The Balaban J connectivity index is 2.74. The van der Waals surface area contributed by atoms with Gasteiger partial charge in [-0.05, 0) is 19.1 Å². The van der Waals surface area contributed by atoms with Crippen LogP contribution in [0.5, 0.6) is 5.75 Å². The molecule has 0 amide bonds. The summed E-state index contributed by atoms with van der Waals surface area (Å²) in [6.45, 7) is 1.26. The van der Waals surface area contributed by atoms with E-state index in [1.807, 2.05) is 0 Å². The topological polar surface area (TPSA) is 60.4 Å². The third-order valence-corrected chi connectivity index (χ3v) is 4.25. The van der Waals surface area contributed by atoms with Gasteiger partial charge in [-0.25, -0.2) is 0 Å². The Morgan fingerprint density at radius 1 is 1.31 bits per heavy atom. The van der Waals surface area contributed by atoms with Gasteiger partial charge in [-0.2, -0.15) is 8.42 Å². The molecule has 0 spiro atoms. The summed E-state index contributed by atoms with van der Waals surface area (Å²) in [7, 11) is -3.94. The molecule has 0 bridgehead atoms. The molecular formula is C9H6Cl2O4S. The van der Waals surface area contributed by atoms with Crippen LogP contribution in [0.25, 0.3) is 0 Å². The molecule has 4 nitrogen and oxygen atoms in total. The Kier molecular flexibility index (Phi) is 2.64. The maximum atomic E-state index is 11.8. The van der Waals surface area contributed by atoms with Crippen LogP contribution < -0.4 is 4.18 Å². The van der Waals surface area contributed by atoms with Crippen molar-refractivity contribution in [2.45, 2.75) is 12.2 Å². The third kappa shape index (κ3) is 1.69. The van der Waals surface area contributed by atoms with E-state index in [0.29, 0.717) is 0 Å². The number of hydrogen-bond acceptors (Lipinski definition) is 4. The standard InChI is InChI=1S/C9H6Cl2O4S/c1-4-8(12)6-2-5(10)3-7(11)9(6)15-16(4,13)14/h2-4H,1H3. The van der Waals surface area contributed by atoms with E-state index in [-0.39, 0.29) is 21.4 Å². The van der Waals surface area contributed by atoms with Gasteiger partial charge in [0.1, 0.15) is 0 Å². The molecular weight excluding hydrogens is 275 g/mol. The lowest BCUT2D eigenvalue weighted by Gasteiger charge is -2.21. The van der Waals surface area contributed by atoms with Crippen LogP contribution in [0.3, 0.4) is 0 Å². The largest absolute Gasteiger partial charge is 0.380 e. The molecule has 1 aliphatic heterocycles. The fourth-order valence-corrected chi connectivity index (χ4v) is 2.89. The number of hydrogen-bond donors (Lipinski definition) is 0. The molecule has 1 atom stereocenters. The maximum absolute atomic E-state index is 11.8. The number of halogens is 2. The zero-order chi connectivity index (χ0) is 12.1. The van der Waals surface area contributed by atoms with Crippen LogP contribution in [0, 0.1) is 0 Å². The van der Waals surface area contributed by atoms with E-state index in [1.165, 1.54) is 19.1 Å². The number of carbonyl (C=O) groups excluding carboxylic acids is 1. The first kappa shape index (κ1) is 11.7. The molecule has 2 rings (SSSR count). The van der Waals surface area contributed by atoms with Crippen molar-refractivity contribution in [1.82, 2.24) is 0 Å². The van der Waals surface area contributed by atoms with Gasteiger partial charge in [-0.1, -0.05) is 23.2 Å². The molecule has 0 saturated carbocycles. The number of ketones is 1. The van der Waals surface area contributed by atoms with Crippen molar-refractivity contribution in [3.05, 3.63) is 27.7 Å². The van der Waals surface area contributed by atoms with Crippen molar-refractivity contribution in [3.8, 4) is 5.75 Å². The Morgan fingerprint density at radius 3 is 2.56 bits per heavy atom. The van der Waals surface area contributed by atoms with Crippen molar-refractivity contribution in [3.63, 3.8) is 0 Å². The van der Waals surface area contributed by atoms with Crippen molar-refractivity contribution >= 4 is 39.1 Å². The molecule has 1 aliphatic rings. The second-order valence-corrected chi connectivity index (χ2v) is 6.05. The highest BCUT2D eigenvalue weighted by molar-refractivity contribution is 7.88. The summed E-state index contributed by atoms with van der Waals surface area (Å²) in [6.07, 6.45) is 0. The summed E-state index contributed by atoms with van der Waals surface area (Å²) in [5, 5.41) is -0.979. The fourth-order valence-electron chi connectivity index (χ4n) is 1.37. The van der Waals surface area contributed by atoms with Gasteiger partial charge in [0.05, 0.1) is 10.6 Å². The number of benzene rings is 1. The highest BCUT2D eigenvalue weighted by Crippen LogP contribution is 2.38. The number of Topliss-reactive ketones (excluding diaryl/α,β-unsaturated/α-hetero) is 1. The monoisotopic (exact) mass is 280 g/mol. The lowest BCUT2D eigenvalue weighted by molar-refractivity contribution is 0.0981. The molecule has 0 N–H and O–H groups in total.